The Morgan fingerprint density at radius 3 is 2.57 bits per heavy atom. The summed E-state index contributed by atoms with van der Waals surface area (Å²) >= 11 is 5.51. The molecule has 0 spiro atoms. The van der Waals surface area contributed by atoms with Crippen molar-refractivity contribution in [1.29, 1.82) is 0 Å². The minimum absolute atomic E-state index is 0.131. The summed E-state index contributed by atoms with van der Waals surface area (Å²) in [5.41, 5.74) is 5.78. The van der Waals surface area contributed by atoms with Crippen LogP contribution in [-0.2, 0) is 4.79 Å². The smallest absolute Gasteiger partial charge is 0.220 e. The molecule has 1 saturated carbocycles. The van der Waals surface area contributed by atoms with Gasteiger partial charge in [-0.15, -0.1) is 11.6 Å². The highest BCUT2D eigenvalue weighted by atomic mass is 35.5. The molecule has 14 heavy (non-hydrogen) atoms. The summed E-state index contributed by atoms with van der Waals surface area (Å²) in [5.74, 6) is 0.689. The maximum Gasteiger partial charge on any atom is 0.220 e. The predicted octanol–water partition coefficient (Wildman–Crippen LogP) is 1.39. The molecule has 0 heterocycles. The first-order valence-electron chi connectivity index (χ1n) is 5.33. The number of alkyl halides is 1. The number of nitrogens with two attached hydrogens (primary N) is 1. The first-order chi connectivity index (χ1) is 6.72. The fourth-order valence-electron chi connectivity index (χ4n) is 1.79. The number of amides is 1. The van der Waals surface area contributed by atoms with Crippen molar-refractivity contribution < 1.29 is 4.79 Å². The maximum absolute atomic E-state index is 11.4. The largest absolute Gasteiger partial charge is 0.353 e. The monoisotopic (exact) mass is 218 g/mol. The molecule has 3 N–H and O–H groups in total. The van der Waals surface area contributed by atoms with Crippen LogP contribution in [0.5, 0.6) is 0 Å². The van der Waals surface area contributed by atoms with Gasteiger partial charge < -0.3 is 11.1 Å². The van der Waals surface area contributed by atoms with Crippen molar-refractivity contribution >= 4 is 17.5 Å². The number of nitrogens with one attached hydrogen (secondary N) is 1. The lowest BCUT2D eigenvalue weighted by Gasteiger charge is -2.26. The van der Waals surface area contributed by atoms with E-state index >= 15 is 0 Å². The van der Waals surface area contributed by atoms with Gasteiger partial charge in [-0.05, 0) is 32.1 Å². The number of halogens is 1. The minimum atomic E-state index is 0.131. The molecule has 0 aliphatic heterocycles. The Hall–Kier alpha value is -0.280. The summed E-state index contributed by atoms with van der Waals surface area (Å²) in [6.07, 6.45) is 5.41. The lowest BCUT2D eigenvalue weighted by atomic mass is 9.92. The molecule has 1 fully saturated rings. The van der Waals surface area contributed by atoms with Crippen LogP contribution in [-0.4, -0.2) is 23.9 Å². The van der Waals surface area contributed by atoms with Gasteiger partial charge in [0, 0.05) is 24.4 Å². The van der Waals surface area contributed by atoms with Crippen LogP contribution in [0, 0.1) is 0 Å². The summed E-state index contributed by atoms with van der Waals surface area (Å²) in [5, 5.41) is 3.02. The van der Waals surface area contributed by atoms with Crippen molar-refractivity contribution in [3.63, 3.8) is 0 Å². The van der Waals surface area contributed by atoms with E-state index in [0.29, 0.717) is 24.4 Å². The van der Waals surface area contributed by atoms with Gasteiger partial charge in [-0.25, -0.2) is 0 Å². The van der Waals surface area contributed by atoms with E-state index in [2.05, 4.69) is 5.32 Å². The standard InChI is InChI=1S/C10H19ClN2O/c11-7-1-2-10(14)13-9-5-3-8(12)4-6-9/h8-9H,1-7,12H2,(H,13,14). The van der Waals surface area contributed by atoms with Crippen LogP contribution in [0.25, 0.3) is 0 Å². The highest BCUT2D eigenvalue weighted by Gasteiger charge is 2.19. The van der Waals surface area contributed by atoms with Gasteiger partial charge in [0.15, 0.2) is 0 Å². The Labute approximate surface area is 90.4 Å². The van der Waals surface area contributed by atoms with Crippen molar-refractivity contribution in [2.75, 3.05) is 5.88 Å². The second-order valence-corrected chi connectivity index (χ2v) is 4.35. The third-order valence-corrected chi connectivity index (χ3v) is 2.94. The second-order valence-electron chi connectivity index (χ2n) is 3.97. The Morgan fingerprint density at radius 2 is 2.00 bits per heavy atom. The first kappa shape index (κ1) is 11.8. The normalized spacial score (nSPS) is 27.3. The van der Waals surface area contributed by atoms with Crippen molar-refractivity contribution in [1.82, 2.24) is 5.32 Å². The van der Waals surface area contributed by atoms with E-state index < -0.39 is 0 Å². The van der Waals surface area contributed by atoms with Gasteiger partial charge in [0.2, 0.25) is 5.91 Å². The highest BCUT2D eigenvalue weighted by Crippen LogP contribution is 2.16. The van der Waals surface area contributed by atoms with Gasteiger partial charge in [-0.3, -0.25) is 4.79 Å². The summed E-state index contributed by atoms with van der Waals surface area (Å²) in [4.78, 5) is 11.4. The van der Waals surface area contributed by atoms with E-state index in [4.69, 9.17) is 17.3 Å². The zero-order valence-electron chi connectivity index (χ0n) is 8.47. The summed E-state index contributed by atoms with van der Waals surface area (Å²) in [6.45, 7) is 0. The maximum atomic E-state index is 11.4. The van der Waals surface area contributed by atoms with Crippen LogP contribution >= 0.6 is 11.6 Å². The average molecular weight is 219 g/mol. The Morgan fingerprint density at radius 1 is 1.36 bits per heavy atom. The fourth-order valence-corrected chi connectivity index (χ4v) is 1.92. The number of carbonyl (C=O) groups is 1. The molecule has 0 saturated heterocycles. The summed E-state index contributed by atoms with van der Waals surface area (Å²) < 4.78 is 0. The van der Waals surface area contributed by atoms with Crippen LogP contribution in [0.1, 0.15) is 38.5 Å². The summed E-state index contributed by atoms with van der Waals surface area (Å²) in [7, 11) is 0. The number of hydrogen-bond donors (Lipinski definition) is 2. The molecular weight excluding hydrogens is 200 g/mol. The van der Waals surface area contributed by atoms with Gasteiger partial charge in [-0.2, -0.15) is 0 Å². The minimum Gasteiger partial charge on any atom is -0.353 e. The van der Waals surface area contributed by atoms with Gasteiger partial charge in [0.05, 0.1) is 0 Å². The van der Waals surface area contributed by atoms with Crippen LogP contribution in [0.3, 0.4) is 0 Å². The molecule has 1 aliphatic carbocycles. The molecule has 0 radical (unpaired) electrons. The number of hydrogen-bond acceptors (Lipinski definition) is 2. The number of carbonyl (C=O) groups excluding carboxylic acids is 1. The van der Waals surface area contributed by atoms with Gasteiger partial charge in [0.1, 0.15) is 0 Å². The molecule has 0 aromatic heterocycles. The molecule has 4 heteroatoms. The van der Waals surface area contributed by atoms with E-state index in [0.717, 1.165) is 32.1 Å². The third kappa shape index (κ3) is 4.29. The third-order valence-electron chi connectivity index (χ3n) is 2.67. The topological polar surface area (TPSA) is 55.1 Å². The van der Waals surface area contributed by atoms with Gasteiger partial charge >= 0.3 is 0 Å². The zero-order chi connectivity index (χ0) is 10.4. The van der Waals surface area contributed by atoms with E-state index in [-0.39, 0.29) is 5.91 Å². The van der Waals surface area contributed by atoms with E-state index in [9.17, 15) is 4.79 Å². The van der Waals surface area contributed by atoms with E-state index in [1.54, 1.807) is 0 Å². The molecule has 82 valence electrons. The van der Waals surface area contributed by atoms with Crippen LogP contribution in [0.2, 0.25) is 0 Å². The molecule has 0 atom stereocenters. The Bertz CT molecular complexity index is 179. The van der Waals surface area contributed by atoms with Crippen LogP contribution in [0.4, 0.5) is 0 Å². The molecule has 1 aliphatic rings. The van der Waals surface area contributed by atoms with Crippen molar-refractivity contribution in [3.05, 3.63) is 0 Å². The van der Waals surface area contributed by atoms with E-state index in [1.807, 2.05) is 0 Å². The van der Waals surface area contributed by atoms with E-state index in [1.165, 1.54) is 0 Å². The first-order valence-corrected chi connectivity index (χ1v) is 5.86. The SMILES string of the molecule is NC1CCC(NC(=O)CCCCl)CC1. The lowest BCUT2D eigenvalue weighted by molar-refractivity contribution is -0.122. The molecular formula is C10H19ClN2O. The highest BCUT2D eigenvalue weighted by molar-refractivity contribution is 6.17. The van der Waals surface area contributed by atoms with Crippen molar-refractivity contribution in [2.24, 2.45) is 5.73 Å². The van der Waals surface area contributed by atoms with Crippen molar-refractivity contribution in [3.8, 4) is 0 Å². The zero-order valence-corrected chi connectivity index (χ0v) is 9.22. The van der Waals surface area contributed by atoms with Crippen LogP contribution < -0.4 is 11.1 Å². The average Bonchev–Trinajstić information content (AvgIpc) is 2.18. The molecule has 0 bridgehead atoms. The molecule has 0 unspecified atom stereocenters. The quantitative estimate of drug-likeness (QED) is 0.701. The molecule has 3 nitrogen and oxygen atoms in total. The van der Waals surface area contributed by atoms with Crippen LogP contribution in [0.15, 0.2) is 0 Å². The Balaban J connectivity index is 2.14. The van der Waals surface area contributed by atoms with Gasteiger partial charge in [-0.1, -0.05) is 0 Å². The molecule has 1 rings (SSSR count). The summed E-state index contributed by atoms with van der Waals surface area (Å²) in [6, 6.07) is 0.684. The fraction of sp³-hybridized carbons (Fsp3) is 0.900. The molecule has 0 aromatic carbocycles. The molecule has 0 aromatic rings. The predicted molar refractivity (Wildman–Crippen MR) is 58.3 cm³/mol. The number of rotatable bonds is 4. The van der Waals surface area contributed by atoms with Crippen molar-refractivity contribution in [2.45, 2.75) is 50.6 Å². The van der Waals surface area contributed by atoms with Gasteiger partial charge in [0.25, 0.3) is 0 Å². The Kier molecular flexibility index (Phi) is 5.26. The second kappa shape index (κ2) is 6.25. The molecule has 1 amide bonds. The lowest BCUT2D eigenvalue weighted by Crippen LogP contribution is -2.40.